The Morgan fingerprint density at radius 2 is 1.52 bits per heavy atom. The zero-order valence-electron chi connectivity index (χ0n) is 20.7. The highest BCUT2D eigenvalue weighted by Gasteiger charge is 2.25. The summed E-state index contributed by atoms with van der Waals surface area (Å²) < 4.78 is 5.76. The Balaban J connectivity index is 2.78. The van der Waals surface area contributed by atoms with Gasteiger partial charge in [-0.25, -0.2) is 0 Å². The molecule has 0 aliphatic rings. The summed E-state index contributed by atoms with van der Waals surface area (Å²) in [5.74, 6) is 0.693. The van der Waals surface area contributed by atoms with Crippen molar-refractivity contribution in [3.63, 3.8) is 0 Å². The lowest BCUT2D eigenvalue weighted by molar-refractivity contribution is 0.0734. The zero-order valence-corrected chi connectivity index (χ0v) is 20.7. The Morgan fingerprint density at radius 1 is 1.00 bits per heavy atom. The van der Waals surface area contributed by atoms with E-state index in [1.165, 1.54) is 28.7 Å². The number of Topliss-reactive ketones (excluding diaryl/α,β-unsaturated/α-hetero) is 1. The zero-order chi connectivity index (χ0) is 22.4. The summed E-state index contributed by atoms with van der Waals surface area (Å²) in [6, 6.07) is 4.16. The third kappa shape index (κ3) is 8.46. The number of allylic oxidation sites excluding steroid dienone is 2. The second-order valence-electron chi connectivity index (χ2n) is 10.9. The largest absolute Gasteiger partial charge is 0.373 e. The van der Waals surface area contributed by atoms with Crippen molar-refractivity contribution in [2.24, 2.45) is 5.92 Å². The molecule has 0 unspecified atom stereocenters. The van der Waals surface area contributed by atoms with E-state index in [-0.39, 0.29) is 23.2 Å². The number of hydrogen-bond acceptors (Lipinski definition) is 2. The number of rotatable bonds is 9. The Kier molecular flexibility index (Phi) is 9.34. The molecule has 0 aromatic heterocycles. The van der Waals surface area contributed by atoms with Crippen LogP contribution < -0.4 is 0 Å². The van der Waals surface area contributed by atoms with Crippen LogP contribution in [0.15, 0.2) is 23.8 Å². The molecule has 0 amide bonds. The summed E-state index contributed by atoms with van der Waals surface area (Å²) >= 11 is 0. The molecule has 1 rings (SSSR count). The minimum atomic E-state index is 0.00194. The van der Waals surface area contributed by atoms with Crippen LogP contribution in [-0.2, 0) is 15.6 Å². The summed E-state index contributed by atoms with van der Waals surface area (Å²) in [5.41, 5.74) is 5.96. The van der Waals surface area contributed by atoms with Crippen LogP contribution >= 0.6 is 0 Å². The lowest BCUT2D eigenvalue weighted by atomic mass is 9.75. The Morgan fingerprint density at radius 3 is 1.97 bits per heavy atom. The SMILES string of the molecule is CC(C)=CCC[C@H](C)CCOCC(=O)c1cc(C(C)(C)C)c(C)c(C(C)(C)C)c1. The first-order valence-corrected chi connectivity index (χ1v) is 11.1. The Labute approximate surface area is 180 Å². The van der Waals surface area contributed by atoms with Crippen molar-refractivity contribution in [2.75, 3.05) is 13.2 Å². The van der Waals surface area contributed by atoms with Crippen molar-refractivity contribution in [1.29, 1.82) is 0 Å². The van der Waals surface area contributed by atoms with Crippen molar-refractivity contribution in [2.45, 2.75) is 99.3 Å². The standard InChI is InChI=1S/C27H44O2/c1-19(2)12-11-13-20(3)14-15-29-18-25(28)22-16-23(26(5,6)7)21(4)24(17-22)27(8,9)10/h12,16-17,20H,11,13-15,18H2,1-10H3/t20-/m0/s1. The van der Waals surface area contributed by atoms with E-state index in [0.29, 0.717) is 12.5 Å². The molecule has 1 atom stereocenters. The van der Waals surface area contributed by atoms with Crippen LogP contribution in [0.25, 0.3) is 0 Å². The second kappa shape index (κ2) is 10.6. The lowest BCUT2D eigenvalue weighted by Crippen LogP contribution is -2.22. The van der Waals surface area contributed by atoms with E-state index in [1.54, 1.807) is 0 Å². The first kappa shape index (κ1) is 25.6. The molecule has 29 heavy (non-hydrogen) atoms. The molecule has 0 saturated carbocycles. The summed E-state index contributed by atoms with van der Waals surface area (Å²) in [6.07, 6.45) is 5.58. The van der Waals surface area contributed by atoms with E-state index in [0.717, 1.165) is 18.4 Å². The van der Waals surface area contributed by atoms with E-state index in [1.807, 2.05) is 0 Å². The van der Waals surface area contributed by atoms with Gasteiger partial charge >= 0.3 is 0 Å². The van der Waals surface area contributed by atoms with Gasteiger partial charge < -0.3 is 4.74 Å². The van der Waals surface area contributed by atoms with Gasteiger partial charge in [-0.2, -0.15) is 0 Å². The van der Waals surface area contributed by atoms with Gasteiger partial charge in [0.25, 0.3) is 0 Å². The highest BCUT2D eigenvalue weighted by molar-refractivity contribution is 5.97. The molecule has 1 aromatic rings. The summed E-state index contributed by atoms with van der Waals surface area (Å²) in [5, 5.41) is 0. The van der Waals surface area contributed by atoms with E-state index in [9.17, 15) is 4.79 Å². The fourth-order valence-electron chi connectivity index (χ4n) is 3.77. The van der Waals surface area contributed by atoms with Gasteiger partial charge in [0.05, 0.1) is 0 Å². The maximum absolute atomic E-state index is 12.9. The van der Waals surface area contributed by atoms with Crippen LogP contribution in [-0.4, -0.2) is 19.0 Å². The van der Waals surface area contributed by atoms with Crippen LogP contribution in [0.1, 0.15) is 109 Å². The molecule has 0 aliphatic carbocycles. The third-order valence-electron chi connectivity index (χ3n) is 5.55. The van der Waals surface area contributed by atoms with Crippen LogP contribution in [0.4, 0.5) is 0 Å². The maximum Gasteiger partial charge on any atom is 0.188 e. The summed E-state index contributed by atoms with van der Waals surface area (Å²) in [4.78, 5) is 12.9. The lowest BCUT2D eigenvalue weighted by Gasteiger charge is -2.29. The van der Waals surface area contributed by atoms with E-state index < -0.39 is 0 Å². The quantitative estimate of drug-likeness (QED) is 0.243. The normalized spacial score (nSPS) is 13.3. The van der Waals surface area contributed by atoms with Gasteiger partial charge in [0.1, 0.15) is 6.61 Å². The van der Waals surface area contributed by atoms with Gasteiger partial charge in [0, 0.05) is 12.2 Å². The topological polar surface area (TPSA) is 26.3 Å². The molecular weight excluding hydrogens is 356 g/mol. The molecule has 1 aromatic carbocycles. The average molecular weight is 401 g/mol. The predicted octanol–water partition coefficient (Wildman–Crippen LogP) is 7.56. The van der Waals surface area contributed by atoms with Gasteiger partial charge in [-0.1, -0.05) is 60.1 Å². The van der Waals surface area contributed by atoms with Crippen LogP contribution in [0.3, 0.4) is 0 Å². The Hall–Kier alpha value is -1.41. The van der Waals surface area contributed by atoms with Gasteiger partial charge in [0.2, 0.25) is 0 Å². The number of ketones is 1. The first-order chi connectivity index (χ1) is 13.2. The molecule has 164 valence electrons. The molecule has 0 aliphatic heterocycles. The fraction of sp³-hybridized carbons (Fsp3) is 0.667. The maximum atomic E-state index is 12.9. The molecule has 0 heterocycles. The molecule has 0 fully saturated rings. The molecule has 0 bridgehead atoms. The van der Waals surface area contributed by atoms with E-state index in [4.69, 9.17) is 4.74 Å². The van der Waals surface area contributed by atoms with E-state index in [2.05, 4.69) is 87.4 Å². The number of carbonyl (C=O) groups excluding carboxylic acids is 1. The van der Waals surface area contributed by atoms with Crippen LogP contribution in [0, 0.1) is 12.8 Å². The number of hydrogen-bond donors (Lipinski definition) is 0. The molecule has 0 radical (unpaired) electrons. The first-order valence-electron chi connectivity index (χ1n) is 11.1. The van der Waals surface area contributed by atoms with Crippen molar-refractivity contribution in [1.82, 2.24) is 0 Å². The van der Waals surface area contributed by atoms with Crippen molar-refractivity contribution < 1.29 is 9.53 Å². The molecule has 0 saturated heterocycles. The highest BCUT2D eigenvalue weighted by Crippen LogP contribution is 2.34. The molecule has 0 spiro atoms. The monoisotopic (exact) mass is 400 g/mol. The number of carbonyl (C=O) groups is 1. The average Bonchev–Trinajstić information content (AvgIpc) is 2.56. The van der Waals surface area contributed by atoms with Gasteiger partial charge in [-0.05, 0) is 85.6 Å². The van der Waals surface area contributed by atoms with E-state index >= 15 is 0 Å². The van der Waals surface area contributed by atoms with Crippen molar-refractivity contribution in [3.05, 3.63) is 46.0 Å². The number of ether oxygens (including phenoxy) is 1. The molecular formula is C27H44O2. The molecule has 0 N–H and O–H groups in total. The van der Waals surface area contributed by atoms with Gasteiger partial charge in [-0.3, -0.25) is 4.79 Å². The van der Waals surface area contributed by atoms with Crippen molar-refractivity contribution >= 4 is 5.78 Å². The minimum absolute atomic E-state index is 0.00194. The fourth-order valence-corrected chi connectivity index (χ4v) is 3.77. The highest BCUT2D eigenvalue weighted by atomic mass is 16.5. The second-order valence-corrected chi connectivity index (χ2v) is 10.9. The van der Waals surface area contributed by atoms with Crippen LogP contribution in [0.5, 0.6) is 0 Å². The molecule has 2 heteroatoms. The summed E-state index contributed by atoms with van der Waals surface area (Å²) in [6.45, 7) is 22.8. The van der Waals surface area contributed by atoms with Gasteiger partial charge in [0.15, 0.2) is 5.78 Å². The van der Waals surface area contributed by atoms with Crippen molar-refractivity contribution in [3.8, 4) is 0 Å². The summed E-state index contributed by atoms with van der Waals surface area (Å²) in [7, 11) is 0. The third-order valence-corrected chi connectivity index (χ3v) is 5.55. The minimum Gasteiger partial charge on any atom is -0.373 e. The number of benzene rings is 1. The predicted molar refractivity (Wildman–Crippen MR) is 126 cm³/mol. The molecule has 2 nitrogen and oxygen atoms in total. The van der Waals surface area contributed by atoms with Gasteiger partial charge in [-0.15, -0.1) is 0 Å². The van der Waals surface area contributed by atoms with Crippen LogP contribution in [0.2, 0.25) is 0 Å². The Bertz CT molecular complexity index is 672. The smallest absolute Gasteiger partial charge is 0.188 e.